The molecule has 0 amide bonds. The van der Waals surface area contributed by atoms with Crippen molar-refractivity contribution in [3.63, 3.8) is 0 Å². The first-order chi connectivity index (χ1) is 9.41. The Labute approximate surface area is 119 Å². The van der Waals surface area contributed by atoms with Crippen molar-refractivity contribution in [3.8, 4) is 0 Å². The van der Waals surface area contributed by atoms with E-state index in [0.717, 1.165) is 12.8 Å². The van der Waals surface area contributed by atoms with E-state index < -0.39 is 0 Å². The average molecular weight is 262 g/mol. The van der Waals surface area contributed by atoms with E-state index >= 15 is 0 Å². The Bertz CT molecular complexity index is 271. The van der Waals surface area contributed by atoms with Crippen LogP contribution < -0.4 is 0 Å². The van der Waals surface area contributed by atoms with Crippen LogP contribution in [-0.4, -0.2) is 11.7 Å². The molecular weight excluding hydrogens is 232 g/mol. The van der Waals surface area contributed by atoms with Crippen LogP contribution >= 0.6 is 0 Å². The normalized spacial score (nSPS) is 12.7. The second-order valence-electron chi connectivity index (χ2n) is 4.67. The number of rotatable bonds is 12. The van der Waals surface area contributed by atoms with Crippen LogP contribution in [0.5, 0.6) is 0 Å². The van der Waals surface area contributed by atoms with Crippen LogP contribution in [0.2, 0.25) is 0 Å². The minimum Gasteiger partial charge on any atom is -0.396 e. The minimum atomic E-state index is 0.345. The number of hydrogen-bond acceptors (Lipinski definition) is 1. The van der Waals surface area contributed by atoms with Gasteiger partial charge in [0.15, 0.2) is 0 Å². The first kappa shape index (κ1) is 17.9. The van der Waals surface area contributed by atoms with Crippen molar-refractivity contribution in [2.45, 2.75) is 58.3 Å². The van der Waals surface area contributed by atoms with Crippen LogP contribution in [0, 0.1) is 0 Å². The van der Waals surface area contributed by atoms with Crippen LogP contribution in [0.3, 0.4) is 0 Å². The first-order valence-electron chi connectivity index (χ1n) is 7.67. The molecule has 0 aromatic carbocycles. The molecule has 0 aromatic rings. The minimum absolute atomic E-state index is 0.345. The van der Waals surface area contributed by atoms with E-state index in [1.807, 2.05) is 0 Å². The number of aliphatic hydroxyl groups excluding tert-OH is 1. The highest BCUT2D eigenvalue weighted by atomic mass is 16.2. The molecule has 0 saturated carbocycles. The predicted molar refractivity (Wildman–Crippen MR) is 86.3 cm³/mol. The SMILES string of the molecule is CCC=CC=CC=CC=CCCCCCCCCO. The van der Waals surface area contributed by atoms with Gasteiger partial charge in [-0.3, -0.25) is 0 Å². The summed E-state index contributed by atoms with van der Waals surface area (Å²) in [5, 5.41) is 8.65. The molecule has 0 aliphatic carbocycles. The van der Waals surface area contributed by atoms with Crippen molar-refractivity contribution in [3.05, 3.63) is 48.6 Å². The van der Waals surface area contributed by atoms with Crippen molar-refractivity contribution in [2.24, 2.45) is 0 Å². The van der Waals surface area contributed by atoms with E-state index in [0.29, 0.717) is 6.61 Å². The van der Waals surface area contributed by atoms with Crippen molar-refractivity contribution in [2.75, 3.05) is 6.61 Å². The molecule has 0 spiro atoms. The number of aliphatic hydroxyl groups is 1. The third-order valence-corrected chi connectivity index (χ3v) is 2.84. The lowest BCUT2D eigenvalue weighted by atomic mass is 10.1. The van der Waals surface area contributed by atoms with Crippen LogP contribution in [-0.2, 0) is 0 Å². The molecule has 0 atom stereocenters. The molecule has 0 aliphatic rings. The molecule has 0 radical (unpaired) electrons. The number of hydrogen-bond donors (Lipinski definition) is 1. The molecule has 0 bridgehead atoms. The maximum Gasteiger partial charge on any atom is 0.0431 e. The largest absolute Gasteiger partial charge is 0.396 e. The second-order valence-corrected chi connectivity index (χ2v) is 4.67. The van der Waals surface area contributed by atoms with Gasteiger partial charge in [-0.05, 0) is 25.7 Å². The second kappa shape index (κ2) is 16.9. The average Bonchev–Trinajstić information content (AvgIpc) is 2.43. The molecule has 0 rings (SSSR count). The van der Waals surface area contributed by atoms with Crippen molar-refractivity contribution in [1.29, 1.82) is 0 Å². The van der Waals surface area contributed by atoms with E-state index in [1.54, 1.807) is 0 Å². The molecule has 1 N–H and O–H groups in total. The Hall–Kier alpha value is -1.08. The third-order valence-electron chi connectivity index (χ3n) is 2.84. The molecule has 1 heteroatoms. The topological polar surface area (TPSA) is 20.2 Å². The molecule has 19 heavy (non-hydrogen) atoms. The molecule has 1 nitrogen and oxygen atoms in total. The summed E-state index contributed by atoms with van der Waals surface area (Å²) >= 11 is 0. The van der Waals surface area contributed by atoms with Gasteiger partial charge in [-0.2, -0.15) is 0 Å². The van der Waals surface area contributed by atoms with Gasteiger partial charge < -0.3 is 5.11 Å². The van der Waals surface area contributed by atoms with Crippen LogP contribution in [0.4, 0.5) is 0 Å². The summed E-state index contributed by atoms with van der Waals surface area (Å²) in [6.45, 7) is 2.48. The lowest BCUT2D eigenvalue weighted by Crippen LogP contribution is -1.83. The van der Waals surface area contributed by atoms with E-state index in [9.17, 15) is 0 Å². The molecule has 0 saturated heterocycles. The number of allylic oxidation sites excluding steroid dienone is 8. The smallest absolute Gasteiger partial charge is 0.0431 e. The van der Waals surface area contributed by atoms with Gasteiger partial charge in [-0.15, -0.1) is 0 Å². The van der Waals surface area contributed by atoms with Crippen LogP contribution in [0.15, 0.2) is 48.6 Å². The fourth-order valence-electron chi connectivity index (χ4n) is 1.73. The highest BCUT2D eigenvalue weighted by molar-refractivity contribution is 5.15. The van der Waals surface area contributed by atoms with Crippen LogP contribution in [0.1, 0.15) is 58.3 Å². The first-order valence-corrected chi connectivity index (χ1v) is 7.67. The van der Waals surface area contributed by atoms with Gasteiger partial charge in [-0.25, -0.2) is 0 Å². The summed E-state index contributed by atoms with van der Waals surface area (Å²) < 4.78 is 0. The maximum absolute atomic E-state index is 8.65. The molecule has 0 heterocycles. The highest BCUT2D eigenvalue weighted by Gasteiger charge is 1.89. The Morgan fingerprint density at radius 1 is 0.632 bits per heavy atom. The van der Waals surface area contributed by atoms with Crippen LogP contribution in [0.25, 0.3) is 0 Å². The molecule has 0 aliphatic heterocycles. The number of unbranched alkanes of at least 4 members (excludes halogenated alkanes) is 6. The standard InChI is InChI=1S/C18H30O/c1-2-3-4-5-6-7-8-9-10-11-12-13-14-15-16-17-18-19/h3-10,19H,2,11-18H2,1H3. The Kier molecular flexibility index (Phi) is 16.0. The molecule has 0 aromatic heterocycles. The fourth-order valence-corrected chi connectivity index (χ4v) is 1.73. The lowest BCUT2D eigenvalue weighted by Gasteiger charge is -1.98. The Balaban J connectivity index is 3.31. The summed E-state index contributed by atoms with van der Waals surface area (Å²) in [6, 6.07) is 0. The summed E-state index contributed by atoms with van der Waals surface area (Å²) in [5.74, 6) is 0. The maximum atomic E-state index is 8.65. The van der Waals surface area contributed by atoms with Gasteiger partial charge in [0.1, 0.15) is 0 Å². The molecular formula is C18H30O. The quantitative estimate of drug-likeness (QED) is 0.371. The predicted octanol–water partition coefficient (Wildman–Crippen LogP) is 5.34. The zero-order valence-electron chi connectivity index (χ0n) is 12.4. The fraction of sp³-hybridized carbons (Fsp3) is 0.556. The monoisotopic (exact) mass is 262 g/mol. The summed E-state index contributed by atoms with van der Waals surface area (Å²) in [7, 11) is 0. The van der Waals surface area contributed by atoms with Gasteiger partial charge >= 0.3 is 0 Å². The van der Waals surface area contributed by atoms with Crippen molar-refractivity contribution in [1.82, 2.24) is 0 Å². The van der Waals surface area contributed by atoms with E-state index in [2.05, 4.69) is 55.5 Å². The van der Waals surface area contributed by atoms with Gasteiger partial charge in [0.05, 0.1) is 0 Å². The molecule has 0 fully saturated rings. The zero-order valence-corrected chi connectivity index (χ0v) is 12.4. The Morgan fingerprint density at radius 3 is 1.79 bits per heavy atom. The Morgan fingerprint density at radius 2 is 1.16 bits per heavy atom. The van der Waals surface area contributed by atoms with Gasteiger partial charge in [0, 0.05) is 6.61 Å². The summed E-state index contributed by atoms with van der Waals surface area (Å²) in [6.07, 6.45) is 26.4. The molecule has 108 valence electrons. The van der Waals surface area contributed by atoms with Gasteiger partial charge in [-0.1, -0.05) is 81.2 Å². The third kappa shape index (κ3) is 16.9. The lowest BCUT2D eigenvalue weighted by molar-refractivity contribution is 0.282. The van der Waals surface area contributed by atoms with E-state index in [-0.39, 0.29) is 0 Å². The molecule has 0 unspecified atom stereocenters. The van der Waals surface area contributed by atoms with Crippen molar-refractivity contribution >= 4 is 0 Å². The van der Waals surface area contributed by atoms with Crippen molar-refractivity contribution < 1.29 is 5.11 Å². The summed E-state index contributed by atoms with van der Waals surface area (Å²) in [5.41, 5.74) is 0. The summed E-state index contributed by atoms with van der Waals surface area (Å²) in [4.78, 5) is 0. The van der Waals surface area contributed by atoms with E-state index in [1.165, 1.54) is 38.5 Å². The van der Waals surface area contributed by atoms with Gasteiger partial charge in [0.25, 0.3) is 0 Å². The highest BCUT2D eigenvalue weighted by Crippen LogP contribution is 2.07. The van der Waals surface area contributed by atoms with Gasteiger partial charge in [0.2, 0.25) is 0 Å². The van der Waals surface area contributed by atoms with E-state index in [4.69, 9.17) is 5.11 Å². The zero-order chi connectivity index (χ0) is 14.0.